The van der Waals surface area contributed by atoms with Crippen molar-refractivity contribution < 1.29 is 5.11 Å². The van der Waals surface area contributed by atoms with Crippen LogP contribution in [0.4, 0.5) is 0 Å². The van der Waals surface area contributed by atoms with Crippen LogP contribution < -0.4 is 5.56 Å². The first-order valence-electron chi connectivity index (χ1n) is 9.36. The lowest BCUT2D eigenvalue weighted by Crippen LogP contribution is -2.25. The number of hydrogen-bond acceptors (Lipinski definition) is 4. The molecule has 5 nitrogen and oxygen atoms in total. The van der Waals surface area contributed by atoms with Crippen molar-refractivity contribution in [3.8, 4) is 28.6 Å². The molecule has 142 valence electrons. The molecule has 0 unspecified atom stereocenters. The minimum absolute atomic E-state index is 0.0336. The molecule has 1 N–H and O–H groups in total. The highest BCUT2D eigenvalue weighted by Gasteiger charge is 2.19. The summed E-state index contributed by atoms with van der Waals surface area (Å²) in [7, 11) is 0. The third kappa shape index (κ3) is 3.15. The predicted octanol–water partition coefficient (Wildman–Crippen LogP) is 4.75. The van der Waals surface area contributed by atoms with E-state index in [1.54, 1.807) is 34.9 Å². The van der Waals surface area contributed by atoms with Gasteiger partial charge in [0.05, 0.1) is 33.8 Å². The van der Waals surface area contributed by atoms with E-state index in [1.807, 2.05) is 44.2 Å². The summed E-state index contributed by atoms with van der Waals surface area (Å²) in [4.78, 5) is 18.3. The SMILES string of the molecule is CC(C)c1nc2c(-c3ccccc3)c(O)ccc2c(=O)n1-c1ccc(C#N)cc1. The summed E-state index contributed by atoms with van der Waals surface area (Å²) in [6.45, 7) is 3.94. The number of aromatic nitrogens is 2. The van der Waals surface area contributed by atoms with Crippen LogP contribution in [-0.4, -0.2) is 14.7 Å². The number of phenolic OH excluding ortho intramolecular Hbond substituents is 1. The molecule has 0 saturated carbocycles. The molecule has 0 aliphatic carbocycles. The fraction of sp³-hybridized carbons (Fsp3) is 0.125. The van der Waals surface area contributed by atoms with Crippen LogP contribution in [0.1, 0.15) is 31.2 Å². The van der Waals surface area contributed by atoms with E-state index in [-0.39, 0.29) is 17.2 Å². The Balaban J connectivity index is 2.08. The second kappa shape index (κ2) is 7.25. The zero-order chi connectivity index (χ0) is 20.5. The standard InChI is InChI=1S/C24H19N3O2/c1-15(2)23-26-22-19(12-13-20(28)21(22)17-6-4-3-5-7-17)24(29)27(23)18-10-8-16(14-25)9-11-18/h3-13,15,28H,1-2H3. The van der Waals surface area contributed by atoms with Gasteiger partial charge in [-0.05, 0) is 42.0 Å². The molecule has 1 aromatic heterocycles. The maximum atomic E-state index is 13.5. The minimum atomic E-state index is -0.208. The molecular formula is C24H19N3O2. The monoisotopic (exact) mass is 381 g/mol. The Bertz CT molecular complexity index is 1300. The van der Waals surface area contributed by atoms with Gasteiger partial charge in [-0.15, -0.1) is 0 Å². The summed E-state index contributed by atoms with van der Waals surface area (Å²) in [6.07, 6.45) is 0. The number of benzene rings is 3. The van der Waals surface area contributed by atoms with Crippen LogP contribution in [0.2, 0.25) is 0 Å². The van der Waals surface area contributed by atoms with Gasteiger partial charge in [0.2, 0.25) is 0 Å². The normalized spacial score (nSPS) is 11.0. The first-order valence-corrected chi connectivity index (χ1v) is 9.36. The van der Waals surface area contributed by atoms with Crippen LogP contribution in [0, 0.1) is 11.3 Å². The Hall–Kier alpha value is -3.91. The van der Waals surface area contributed by atoms with Crippen molar-refractivity contribution in [3.05, 3.63) is 88.5 Å². The molecule has 4 rings (SSSR count). The lowest BCUT2D eigenvalue weighted by Gasteiger charge is -2.18. The lowest BCUT2D eigenvalue weighted by atomic mass is 10.0. The van der Waals surface area contributed by atoms with E-state index >= 15 is 0 Å². The van der Waals surface area contributed by atoms with Crippen molar-refractivity contribution in [2.75, 3.05) is 0 Å². The van der Waals surface area contributed by atoms with Gasteiger partial charge in [-0.2, -0.15) is 5.26 Å². The topological polar surface area (TPSA) is 78.9 Å². The van der Waals surface area contributed by atoms with Crippen LogP contribution in [0.15, 0.2) is 71.5 Å². The zero-order valence-electron chi connectivity index (χ0n) is 16.1. The molecule has 0 aliphatic rings. The van der Waals surface area contributed by atoms with E-state index in [9.17, 15) is 9.90 Å². The van der Waals surface area contributed by atoms with E-state index in [4.69, 9.17) is 10.2 Å². The summed E-state index contributed by atoms with van der Waals surface area (Å²) in [6, 6.07) is 21.5. The zero-order valence-corrected chi connectivity index (χ0v) is 16.1. The molecule has 0 bridgehead atoms. The predicted molar refractivity (Wildman–Crippen MR) is 113 cm³/mol. The molecule has 0 saturated heterocycles. The quantitative estimate of drug-likeness (QED) is 0.555. The largest absolute Gasteiger partial charge is 0.507 e. The minimum Gasteiger partial charge on any atom is -0.507 e. The van der Waals surface area contributed by atoms with Gasteiger partial charge < -0.3 is 5.11 Å². The first kappa shape index (κ1) is 18.5. The Labute approximate surface area is 168 Å². The highest BCUT2D eigenvalue weighted by Crippen LogP contribution is 2.35. The van der Waals surface area contributed by atoms with Gasteiger partial charge in [0.1, 0.15) is 11.6 Å². The van der Waals surface area contributed by atoms with Crippen molar-refractivity contribution in [2.45, 2.75) is 19.8 Å². The number of nitriles is 1. The molecule has 5 heteroatoms. The summed E-state index contributed by atoms with van der Waals surface area (Å²) in [5.74, 6) is 0.644. The highest BCUT2D eigenvalue weighted by molar-refractivity contribution is 5.96. The van der Waals surface area contributed by atoms with Crippen molar-refractivity contribution in [1.82, 2.24) is 9.55 Å². The van der Waals surface area contributed by atoms with Gasteiger partial charge in [0.25, 0.3) is 5.56 Å². The van der Waals surface area contributed by atoms with Crippen LogP contribution in [0.5, 0.6) is 5.75 Å². The molecule has 0 radical (unpaired) electrons. The van der Waals surface area contributed by atoms with Crippen molar-refractivity contribution in [2.24, 2.45) is 0 Å². The molecule has 29 heavy (non-hydrogen) atoms. The molecule has 0 spiro atoms. The molecule has 0 fully saturated rings. The summed E-state index contributed by atoms with van der Waals surface area (Å²) >= 11 is 0. The number of fused-ring (bicyclic) bond motifs is 1. The Morgan fingerprint density at radius 1 is 1.00 bits per heavy atom. The van der Waals surface area contributed by atoms with Crippen LogP contribution in [-0.2, 0) is 0 Å². The number of nitrogens with zero attached hydrogens (tertiary/aromatic N) is 3. The second-order valence-electron chi connectivity index (χ2n) is 7.15. The molecule has 0 aliphatic heterocycles. The average Bonchev–Trinajstić information content (AvgIpc) is 2.74. The number of aromatic hydroxyl groups is 1. The van der Waals surface area contributed by atoms with E-state index in [0.717, 1.165) is 5.56 Å². The lowest BCUT2D eigenvalue weighted by molar-refractivity contribution is 0.478. The van der Waals surface area contributed by atoms with Gasteiger partial charge >= 0.3 is 0 Å². The van der Waals surface area contributed by atoms with Crippen LogP contribution in [0.3, 0.4) is 0 Å². The number of hydrogen-bond donors (Lipinski definition) is 1. The molecule has 3 aromatic carbocycles. The first-order chi connectivity index (χ1) is 14.0. The number of rotatable bonds is 3. The van der Waals surface area contributed by atoms with E-state index in [1.165, 1.54) is 6.07 Å². The molecular weight excluding hydrogens is 362 g/mol. The molecule has 4 aromatic rings. The van der Waals surface area contributed by atoms with Crippen molar-refractivity contribution >= 4 is 10.9 Å². The van der Waals surface area contributed by atoms with Gasteiger partial charge in [0.15, 0.2) is 0 Å². The van der Waals surface area contributed by atoms with Crippen LogP contribution in [0.25, 0.3) is 27.7 Å². The van der Waals surface area contributed by atoms with E-state index in [2.05, 4.69) is 6.07 Å². The average molecular weight is 381 g/mol. The van der Waals surface area contributed by atoms with Gasteiger partial charge in [-0.1, -0.05) is 44.2 Å². The number of phenols is 1. The Kier molecular flexibility index (Phi) is 4.61. The molecule has 0 amide bonds. The fourth-order valence-corrected chi connectivity index (χ4v) is 3.47. The summed E-state index contributed by atoms with van der Waals surface area (Å²) in [5, 5.41) is 20.0. The van der Waals surface area contributed by atoms with Gasteiger partial charge in [-0.3, -0.25) is 9.36 Å². The van der Waals surface area contributed by atoms with Crippen LogP contribution >= 0.6 is 0 Å². The van der Waals surface area contributed by atoms with Crippen molar-refractivity contribution in [3.63, 3.8) is 0 Å². The molecule has 1 heterocycles. The Morgan fingerprint density at radius 3 is 2.31 bits per heavy atom. The van der Waals surface area contributed by atoms with Gasteiger partial charge in [0, 0.05) is 5.92 Å². The van der Waals surface area contributed by atoms with E-state index < -0.39 is 0 Å². The summed E-state index contributed by atoms with van der Waals surface area (Å²) < 4.78 is 1.58. The fourth-order valence-electron chi connectivity index (χ4n) is 3.47. The smallest absolute Gasteiger partial charge is 0.266 e. The maximum absolute atomic E-state index is 13.5. The van der Waals surface area contributed by atoms with Crippen molar-refractivity contribution in [1.29, 1.82) is 5.26 Å². The second-order valence-corrected chi connectivity index (χ2v) is 7.15. The highest BCUT2D eigenvalue weighted by atomic mass is 16.3. The Morgan fingerprint density at radius 2 is 1.69 bits per heavy atom. The van der Waals surface area contributed by atoms with Gasteiger partial charge in [-0.25, -0.2) is 4.98 Å². The maximum Gasteiger partial charge on any atom is 0.266 e. The third-order valence-electron chi connectivity index (χ3n) is 4.88. The molecule has 0 atom stereocenters. The summed E-state index contributed by atoms with van der Waals surface area (Å²) in [5.41, 5.74) is 2.80. The third-order valence-corrected chi connectivity index (χ3v) is 4.88. The van der Waals surface area contributed by atoms with E-state index in [0.29, 0.717) is 33.5 Å².